The zero-order chi connectivity index (χ0) is 16.6. The predicted molar refractivity (Wildman–Crippen MR) is 93.6 cm³/mol. The van der Waals surface area contributed by atoms with E-state index < -0.39 is 0 Å². The molecule has 0 atom stereocenters. The van der Waals surface area contributed by atoms with Gasteiger partial charge in [0.15, 0.2) is 0 Å². The number of hydrogen-bond acceptors (Lipinski definition) is 5. The molecule has 3 aromatic rings. The second-order valence-corrected chi connectivity index (χ2v) is 7.22. The van der Waals surface area contributed by atoms with Gasteiger partial charge in [0.05, 0.1) is 16.4 Å². The Morgan fingerprint density at radius 1 is 1.08 bits per heavy atom. The van der Waals surface area contributed by atoms with Gasteiger partial charge >= 0.3 is 0 Å². The van der Waals surface area contributed by atoms with Crippen LogP contribution in [-0.4, -0.2) is 21.0 Å². The average molecular weight is 331 g/mol. The van der Waals surface area contributed by atoms with Crippen molar-refractivity contribution in [2.45, 2.75) is 22.6 Å². The molecule has 2 aromatic carbocycles. The van der Waals surface area contributed by atoms with Gasteiger partial charge in [-0.2, -0.15) is 5.26 Å². The van der Waals surface area contributed by atoms with Crippen molar-refractivity contribution in [2.75, 3.05) is 0 Å². The molecular formula is C19H13N3OS. The summed E-state index contributed by atoms with van der Waals surface area (Å²) in [4.78, 5) is 20.3. The number of hydrogen-bond donors (Lipinski definition) is 0. The van der Waals surface area contributed by atoms with Gasteiger partial charge in [-0.25, -0.2) is 4.98 Å². The smallest absolute Gasteiger partial charge is 0.136 e. The van der Waals surface area contributed by atoms with Crippen LogP contribution in [0.1, 0.15) is 18.4 Å². The molecule has 0 saturated heterocycles. The van der Waals surface area contributed by atoms with E-state index in [0.29, 0.717) is 5.56 Å². The van der Waals surface area contributed by atoms with E-state index in [0.717, 1.165) is 46.2 Å². The number of aromatic nitrogens is 2. The predicted octanol–water partition coefficient (Wildman–Crippen LogP) is 3.99. The van der Waals surface area contributed by atoms with Crippen molar-refractivity contribution in [2.24, 2.45) is 0 Å². The van der Waals surface area contributed by atoms with Gasteiger partial charge in [-0.15, -0.1) is 0 Å². The minimum absolute atomic E-state index is 0.340. The van der Waals surface area contributed by atoms with Crippen LogP contribution >= 0.6 is 11.8 Å². The first-order valence-corrected chi connectivity index (χ1v) is 8.46. The first kappa shape index (κ1) is 14.9. The summed E-state index contributed by atoms with van der Waals surface area (Å²) < 4.78 is -0.340. The molecule has 24 heavy (non-hydrogen) atoms. The Hall–Kier alpha value is -2.71. The quantitative estimate of drug-likeness (QED) is 0.676. The van der Waals surface area contributed by atoms with Crippen LogP contribution in [0, 0.1) is 11.3 Å². The van der Waals surface area contributed by atoms with Crippen molar-refractivity contribution in [3.05, 3.63) is 54.4 Å². The Labute approximate surface area is 143 Å². The monoisotopic (exact) mass is 331 g/mol. The molecular weight excluding hydrogens is 318 g/mol. The van der Waals surface area contributed by atoms with E-state index in [2.05, 4.69) is 16.0 Å². The summed E-state index contributed by atoms with van der Waals surface area (Å²) >= 11 is 1.49. The highest BCUT2D eigenvalue weighted by Gasteiger charge is 2.44. The topological polar surface area (TPSA) is 66.6 Å². The molecule has 0 N–H and O–H groups in total. The zero-order valence-electron chi connectivity index (χ0n) is 12.8. The second kappa shape index (κ2) is 5.73. The second-order valence-electron chi connectivity index (χ2n) is 5.81. The molecule has 4 rings (SSSR count). The number of rotatable bonds is 4. The molecule has 1 aliphatic rings. The van der Waals surface area contributed by atoms with Gasteiger partial charge in [0.2, 0.25) is 0 Å². The first-order chi connectivity index (χ1) is 11.8. The van der Waals surface area contributed by atoms with E-state index in [-0.39, 0.29) is 4.75 Å². The lowest BCUT2D eigenvalue weighted by Gasteiger charge is -2.12. The molecule has 1 aliphatic carbocycles. The summed E-state index contributed by atoms with van der Waals surface area (Å²) in [5.41, 5.74) is 2.33. The molecule has 0 bridgehead atoms. The molecule has 4 nitrogen and oxygen atoms in total. The fourth-order valence-electron chi connectivity index (χ4n) is 2.75. The number of aldehydes is 1. The number of nitrogens with zero attached hydrogens (tertiary/aromatic N) is 3. The van der Waals surface area contributed by atoms with E-state index in [1.807, 2.05) is 36.4 Å². The minimum atomic E-state index is -0.340. The van der Waals surface area contributed by atoms with Gasteiger partial charge in [0.1, 0.15) is 17.0 Å². The summed E-state index contributed by atoms with van der Waals surface area (Å²) in [6, 6.07) is 13.8. The van der Waals surface area contributed by atoms with Gasteiger partial charge in [0, 0.05) is 23.3 Å². The van der Waals surface area contributed by atoms with Crippen molar-refractivity contribution in [3.63, 3.8) is 0 Å². The van der Waals surface area contributed by atoms with E-state index in [1.54, 1.807) is 12.4 Å². The fourth-order valence-corrected chi connectivity index (χ4v) is 3.86. The summed E-state index contributed by atoms with van der Waals surface area (Å²) in [6.07, 6.45) is 6.09. The lowest BCUT2D eigenvalue weighted by atomic mass is 9.98. The van der Waals surface area contributed by atoms with Crippen LogP contribution in [0.3, 0.4) is 0 Å². The Balaban J connectivity index is 1.90. The summed E-state index contributed by atoms with van der Waals surface area (Å²) in [6.45, 7) is 0. The highest BCUT2D eigenvalue weighted by molar-refractivity contribution is 8.01. The average Bonchev–Trinajstić information content (AvgIpc) is 3.41. The van der Waals surface area contributed by atoms with Gasteiger partial charge < -0.3 is 4.79 Å². The molecule has 0 spiro atoms. The number of benzene rings is 2. The van der Waals surface area contributed by atoms with Crippen LogP contribution in [0.2, 0.25) is 0 Å². The number of carbonyl (C=O) groups is 1. The van der Waals surface area contributed by atoms with Gasteiger partial charge in [-0.1, -0.05) is 42.1 Å². The van der Waals surface area contributed by atoms with Crippen molar-refractivity contribution >= 4 is 28.8 Å². The lowest BCUT2D eigenvalue weighted by molar-refractivity contribution is -0.107. The number of nitriles is 1. The lowest BCUT2D eigenvalue weighted by Crippen LogP contribution is -2.05. The van der Waals surface area contributed by atoms with Crippen molar-refractivity contribution < 1.29 is 4.79 Å². The van der Waals surface area contributed by atoms with Crippen LogP contribution < -0.4 is 0 Å². The third kappa shape index (κ3) is 2.45. The van der Waals surface area contributed by atoms with Crippen molar-refractivity contribution in [3.8, 4) is 17.3 Å². The number of thioether (sulfide) groups is 1. The Morgan fingerprint density at radius 2 is 1.83 bits per heavy atom. The van der Waals surface area contributed by atoms with E-state index in [9.17, 15) is 10.1 Å². The summed E-state index contributed by atoms with van der Waals surface area (Å²) in [5.74, 6) is 0. The van der Waals surface area contributed by atoms with Crippen LogP contribution in [0.4, 0.5) is 0 Å². The SMILES string of the molecule is N#Cc1ccc(-c2nccnc2SC2(C=O)CC2)c2ccccc12. The highest BCUT2D eigenvalue weighted by Crippen LogP contribution is 2.51. The van der Waals surface area contributed by atoms with Gasteiger partial charge in [-0.3, -0.25) is 4.98 Å². The highest BCUT2D eigenvalue weighted by atomic mass is 32.2. The van der Waals surface area contributed by atoms with E-state index in [4.69, 9.17) is 0 Å². The van der Waals surface area contributed by atoms with Crippen LogP contribution in [0.5, 0.6) is 0 Å². The van der Waals surface area contributed by atoms with E-state index in [1.165, 1.54) is 11.8 Å². The van der Waals surface area contributed by atoms with Crippen LogP contribution in [0.15, 0.2) is 53.8 Å². The first-order valence-electron chi connectivity index (χ1n) is 7.65. The molecule has 0 radical (unpaired) electrons. The summed E-state index contributed by atoms with van der Waals surface area (Å²) in [7, 11) is 0. The maximum atomic E-state index is 11.3. The zero-order valence-corrected chi connectivity index (χ0v) is 13.6. The van der Waals surface area contributed by atoms with Crippen molar-refractivity contribution in [1.29, 1.82) is 5.26 Å². The molecule has 0 unspecified atom stereocenters. The largest absolute Gasteiger partial charge is 0.302 e. The molecule has 116 valence electrons. The molecule has 1 aromatic heterocycles. The number of fused-ring (bicyclic) bond motifs is 1. The maximum Gasteiger partial charge on any atom is 0.136 e. The third-order valence-electron chi connectivity index (χ3n) is 4.22. The fraction of sp³-hybridized carbons (Fsp3) is 0.158. The molecule has 5 heteroatoms. The molecule has 0 amide bonds. The van der Waals surface area contributed by atoms with Crippen LogP contribution in [-0.2, 0) is 4.79 Å². The van der Waals surface area contributed by atoms with Gasteiger partial charge in [-0.05, 0) is 24.3 Å². The molecule has 1 heterocycles. The Morgan fingerprint density at radius 3 is 2.54 bits per heavy atom. The third-order valence-corrected chi connectivity index (χ3v) is 5.62. The Bertz CT molecular complexity index is 989. The Kier molecular flexibility index (Phi) is 3.55. The molecule has 1 fully saturated rings. The summed E-state index contributed by atoms with van der Waals surface area (Å²) in [5, 5.41) is 12.0. The minimum Gasteiger partial charge on any atom is -0.302 e. The standard InChI is InChI=1S/C19H13N3OS/c20-11-13-5-6-16(15-4-2-1-3-14(13)15)17-18(22-10-9-21-17)24-19(12-23)7-8-19/h1-6,9-10,12H,7-8H2. The maximum absolute atomic E-state index is 11.3. The molecule has 1 saturated carbocycles. The van der Waals surface area contributed by atoms with Crippen molar-refractivity contribution in [1.82, 2.24) is 9.97 Å². The van der Waals surface area contributed by atoms with Crippen LogP contribution in [0.25, 0.3) is 22.0 Å². The van der Waals surface area contributed by atoms with E-state index >= 15 is 0 Å². The normalized spacial score (nSPS) is 15.0. The number of carbonyl (C=O) groups excluding carboxylic acids is 1. The molecule has 0 aliphatic heterocycles. The van der Waals surface area contributed by atoms with Gasteiger partial charge in [0.25, 0.3) is 0 Å².